The second kappa shape index (κ2) is 11.9. The van der Waals surface area contributed by atoms with E-state index in [0.29, 0.717) is 23.7 Å². The molecule has 0 saturated heterocycles. The lowest BCUT2D eigenvalue weighted by Gasteiger charge is -2.66. The zero-order chi connectivity index (χ0) is 29.6. The van der Waals surface area contributed by atoms with Crippen molar-refractivity contribution in [1.29, 1.82) is 0 Å². The first-order valence-electron chi connectivity index (χ1n) is 17.0. The van der Waals surface area contributed by atoms with Crippen molar-refractivity contribution in [2.75, 3.05) is 6.54 Å². The Balaban J connectivity index is 1.37. The quantitative estimate of drug-likeness (QED) is 0.266. The Kier molecular flexibility index (Phi) is 9.04. The van der Waals surface area contributed by atoms with E-state index in [4.69, 9.17) is 4.74 Å². The fourth-order valence-corrected chi connectivity index (χ4v) is 10.7. The summed E-state index contributed by atoms with van der Waals surface area (Å²) in [4.78, 5) is 19.4. The van der Waals surface area contributed by atoms with Crippen LogP contribution in [0.15, 0.2) is 12.5 Å². The van der Waals surface area contributed by atoms with Crippen molar-refractivity contribution in [3.8, 4) is 0 Å². The number of aromatic nitrogens is 2. The van der Waals surface area contributed by atoms with Crippen LogP contribution < -0.4 is 5.32 Å². The molecule has 4 aliphatic rings. The zero-order valence-electron chi connectivity index (χ0n) is 27.0. The third-order valence-electron chi connectivity index (χ3n) is 13.5. The van der Waals surface area contributed by atoms with Crippen molar-refractivity contribution in [1.82, 2.24) is 15.3 Å². The Morgan fingerprint density at radius 3 is 2.59 bits per heavy atom. The van der Waals surface area contributed by atoms with Crippen LogP contribution in [-0.2, 0) is 16.0 Å². The molecule has 1 aromatic heterocycles. The number of rotatable bonds is 10. The van der Waals surface area contributed by atoms with Gasteiger partial charge < -0.3 is 20.1 Å². The number of carbonyl (C=O) groups is 1. The molecule has 3 unspecified atom stereocenters. The molecule has 4 fully saturated rings. The van der Waals surface area contributed by atoms with Crippen molar-refractivity contribution < 1.29 is 14.6 Å². The van der Waals surface area contributed by atoms with E-state index in [1.165, 1.54) is 45.4 Å². The molecule has 3 N–H and O–H groups in total. The Morgan fingerprint density at radius 1 is 1.12 bits per heavy atom. The summed E-state index contributed by atoms with van der Waals surface area (Å²) < 4.78 is 5.74. The fourth-order valence-electron chi connectivity index (χ4n) is 10.7. The Morgan fingerprint density at radius 2 is 1.90 bits per heavy atom. The number of fused-ring (bicyclic) bond motifs is 5. The average Bonchev–Trinajstić information content (AvgIpc) is 3.55. The minimum absolute atomic E-state index is 0.00300. The molecule has 1 heterocycles. The molecule has 6 heteroatoms. The number of esters is 1. The molecular weight excluding hydrogens is 510 g/mol. The predicted molar refractivity (Wildman–Crippen MR) is 164 cm³/mol. The molecule has 0 aromatic carbocycles. The lowest BCUT2D eigenvalue weighted by Crippen LogP contribution is -2.71. The first kappa shape index (κ1) is 31.0. The van der Waals surface area contributed by atoms with Gasteiger partial charge in [0.1, 0.15) is 6.10 Å². The number of nitrogens with zero attached hydrogens (tertiary/aromatic N) is 1. The van der Waals surface area contributed by atoms with Gasteiger partial charge in [-0.1, -0.05) is 54.4 Å². The largest absolute Gasteiger partial charge is 0.462 e. The zero-order valence-corrected chi connectivity index (χ0v) is 27.0. The fraction of sp³-hybridized carbons (Fsp3) is 0.886. The monoisotopic (exact) mass is 569 g/mol. The highest BCUT2D eigenvalue weighted by Gasteiger charge is 2.67. The van der Waals surface area contributed by atoms with E-state index in [9.17, 15) is 9.90 Å². The van der Waals surface area contributed by atoms with Gasteiger partial charge >= 0.3 is 5.97 Å². The molecule has 0 aliphatic heterocycles. The van der Waals surface area contributed by atoms with Gasteiger partial charge in [0.15, 0.2) is 0 Å². The second-order valence-electron chi connectivity index (χ2n) is 15.8. The predicted octanol–water partition coefficient (Wildman–Crippen LogP) is 6.93. The molecule has 5 rings (SSSR count). The van der Waals surface area contributed by atoms with Crippen LogP contribution in [0.2, 0.25) is 0 Å². The summed E-state index contributed by atoms with van der Waals surface area (Å²) in [5.74, 6) is 4.82. The molecule has 0 amide bonds. The molecule has 4 aliphatic carbocycles. The van der Waals surface area contributed by atoms with Gasteiger partial charge in [-0.05, 0) is 91.8 Å². The number of carbonyl (C=O) groups excluding carboxylic acids is 1. The maximum atomic E-state index is 12.7. The van der Waals surface area contributed by atoms with Crippen molar-refractivity contribution in [3.05, 3.63) is 18.2 Å². The third-order valence-corrected chi connectivity index (χ3v) is 13.5. The van der Waals surface area contributed by atoms with Gasteiger partial charge in [0.25, 0.3) is 0 Å². The minimum atomic E-state index is -0.885. The topological polar surface area (TPSA) is 87.2 Å². The van der Waals surface area contributed by atoms with E-state index < -0.39 is 5.60 Å². The smallest absolute Gasteiger partial charge is 0.302 e. The van der Waals surface area contributed by atoms with Crippen molar-refractivity contribution in [3.63, 3.8) is 0 Å². The highest BCUT2D eigenvalue weighted by Crippen LogP contribution is 2.69. The number of aliphatic hydroxyl groups is 1. The van der Waals surface area contributed by atoms with Crippen LogP contribution >= 0.6 is 0 Å². The molecule has 11 atom stereocenters. The molecule has 0 bridgehead atoms. The number of ether oxygens (including phenoxy) is 1. The van der Waals surface area contributed by atoms with Crippen molar-refractivity contribution >= 4 is 5.97 Å². The SMILES string of the molecule is CC(=O)O[C@H]1CC[C@]2(C)[C@H]3CC[C@]4(C)[C@@H](C(C)CCC(C)C(C)C)CC[C@H]4[C@@H]3CC(NCCc3c[nH]cn3)[C@@]2(O)C1. The number of aromatic amines is 1. The Hall–Kier alpha value is -1.40. The maximum Gasteiger partial charge on any atom is 0.302 e. The van der Waals surface area contributed by atoms with Crippen LogP contribution in [0.5, 0.6) is 0 Å². The molecule has 1 aromatic rings. The highest BCUT2D eigenvalue weighted by atomic mass is 16.5. The molecular formula is C35H59N3O3. The van der Waals surface area contributed by atoms with Crippen molar-refractivity contribution in [2.24, 2.45) is 52.3 Å². The number of hydrogen-bond acceptors (Lipinski definition) is 5. The van der Waals surface area contributed by atoms with E-state index in [1.54, 1.807) is 6.33 Å². The van der Waals surface area contributed by atoms with Crippen LogP contribution in [0.3, 0.4) is 0 Å². The van der Waals surface area contributed by atoms with E-state index in [0.717, 1.165) is 67.5 Å². The summed E-state index contributed by atoms with van der Waals surface area (Å²) in [7, 11) is 0. The molecule has 0 radical (unpaired) electrons. The lowest BCUT2D eigenvalue weighted by atomic mass is 9.42. The average molecular weight is 570 g/mol. The van der Waals surface area contributed by atoms with Gasteiger partial charge in [-0.15, -0.1) is 0 Å². The Bertz CT molecular complexity index is 1030. The molecule has 4 saturated carbocycles. The first-order chi connectivity index (χ1) is 19.4. The number of imidazole rings is 1. The summed E-state index contributed by atoms with van der Waals surface area (Å²) in [6.45, 7) is 17.0. The summed E-state index contributed by atoms with van der Waals surface area (Å²) in [6.07, 6.45) is 15.6. The van der Waals surface area contributed by atoms with Crippen LogP contribution in [0.4, 0.5) is 0 Å². The van der Waals surface area contributed by atoms with Gasteiger partial charge in [0, 0.05) is 44.0 Å². The number of nitrogens with one attached hydrogen (secondary N) is 2. The number of hydrogen-bond donors (Lipinski definition) is 3. The number of H-pyrrole nitrogens is 1. The van der Waals surface area contributed by atoms with Gasteiger partial charge in [-0.25, -0.2) is 4.98 Å². The normalized spacial score (nSPS) is 41.8. The molecule has 41 heavy (non-hydrogen) atoms. The minimum Gasteiger partial charge on any atom is -0.462 e. The maximum absolute atomic E-state index is 12.7. The molecule has 0 spiro atoms. The molecule has 232 valence electrons. The summed E-state index contributed by atoms with van der Waals surface area (Å²) >= 11 is 0. The van der Waals surface area contributed by atoms with E-state index in [1.807, 2.05) is 6.20 Å². The standard InChI is InChI=1S/C35H59N3O3/c1-22(2)23(3)8-9-24(4)29-10-11-30-28-18-32(37-17-14-26-20-36-21-38-26)35(40)19-27(41-25(5)39)12-16-34(35,7)31(28)13-15-33(29,30)6/h20-24,27-32,37,40H,8-19H2,1-7H3,(H,36,38)/t23?,24?,27-,28-,29+,30-,31-,32?,33+,34+,35-/m0/s1. The van der Waals surface area contributed by atoms with E-state index in [-0.39, 0.29) is 23.5 Å². The van der Waals surface area contributed by atoms with Gasteiger partial charge in [-0.2, -0.15) is 0 Å². The third kappa shape index (κ3) is 5.66. The van der Waals surface area contributed by atoms with Crippen LogP contribution in [-0.4, -0.2) is 45.3 Å². The van der Waals surface area contributed by atoms with Gasteiger partial charge in [-0.3, -0.25) is 4.79 Å². The van der Waals surface area contributed by atoms with Gasteiger partial charge in [0.2, 0.25) is 0 Å². The lowest BCUT2D eigenvalue weighted by molar-refractivity contribution is -0.237. The summed E-state index contributed by atoms with van der Waals surface area (Å²) in [5.41, 5.74) is 0.396. The van der Waals surface area contributed by atoms with Crippen LogP contribution in [0.1, 0.15) is 118 Å². The van der Waals surface area contributed by atoms with Crippen molar-refractivity contribution in [2.45, 2.75) is 137 Å². The molecule has 6 nitrogen and oxygen atoms in total. The first-order valence-corrected chi connectivity index (χ1v) is 17.0. The van der Waals surface area contributed by atoms with Crippen LogP contribution in [0.25, 0.3) is 0 Å². The Labute approximate surface area is 249 Å². The highest BCUT2D eigenvalue weighted by molar-refractivity contribution is 5.66. The second-order valence-corrected chi connectivity index (χ2v) is 15.8. The van der Waals surface area contributed by atoms with Gasteiger partial charge in [0.05, 0.1) is 17.6 Å². The van der Waals surface area contributed by atoms with E-state index >= 15 is 0 Å². The summed E-state index contributed by atoms with van der Waals surface area (Å²) in [5, 5.41) is 16.6. The summed E-state index contributed by atoms with van der Waals surface area (Å²) in [6, 6.07) is -0.00300. The van der Waals surface area contributed by atoms with Crippen LogP contribution in [0, 0.1) is 52.3 Å². The van der Waals surface area contributed by atoms with E-state index in [2.05, 4.69) is 56.8 Å².